The van der Waals surface area contributed by atoms with Crippen LogP contribution in [-0.2, 0) is 41.2 Å². The van der Waals surface area contributed by atoms with Crippen LogP contribution in [0.3, 0.4) is 0 Å². The molecule has 15 heteroatoms. The van der Waals surface area contributed by atoms with Gasteiger partial charge >= 0.3 is 30.7 Å². The van der Waals surface area contributed by atoms with Gasteiger partial charge in [-0.1, -0.05) is 6.07 Å². The lowest BCUT2D eigenvalue weighted by Gasteiger charge is -2.44. The summed E-state index contributed by atoms with van der Waals surface area (Å²) in [6.45, 7) is -2.54. The van der Waals surface area contributed by atoms with Crippen molar-refractivity contribution in [3.8, 4) is 0 Å². The number of alkyl halides is 9. The average Bonchev–Trinajstić information content (AvgIpc) is 3.68. The van der Waals surface area contributed by atoms with Crippen LogP contribution in [0.2, 0.25) is 0 Å². The number of halogens is 9. The first-order valence-corrected chi connectivity index (χ1v) is 13.8. The summed E-state index contributed by atoms with van der Waals surface area (Å²) in [5.41, 5.74) is -1.39. The Labute approximate surface area is 245 Å². The number of anilines is 1. The number of amides is 2. The van der Waals surface area contributed by atoms with Crippen molar-refractivity contribution >= 4 is 17.9 Å². The number of ether oxygens (including phenoxy) is 2. The molecule has 0 unspecified atom stereocenters. The standard InChI is InChI=1S/C29H27F9N2O4/c1-43-25(41)39(13-15-7-19(28(33,34)35)11-20(8-15)29(36,37)38)23-12-22(16-5-6-16)40(26(42)44-14-27(30,31)32)24-10-18-4-2-3-17(18)9-21(23)24/h7-11,16,22-23H,2-6,12-14H2,1H3/t22-,23-/m0/s1. The summed E-state index contributed by atoms with van der Waals surface area (Å²) in [5, 5.41) is 0. The number of methoxy groups -OCH3 is 1. The van der Waals surface area contributed by atoms with Crippen LogP contribution in [-0.4, -0.2) is 43.0 Å². The van der Waals surface area contributed by atoms with Crippen molar-refractivity contribution in [2.75, 3.05) is 18.6 Å². The van der Waals surface area contributed by atoms with Gasteiger partial charge in [0.25, 0.3) is 0 Å². The van der Waals surface area contributed by atoms with Gasteiger partial charge in [0.15, 0.2) is 6.61 Å². The van der Waals surface area contributed by atoms with E-state index < -0.39 is 72.6 Å². The van der Waals surface area contributed by atoms with Crippen LogP contribution in [0.4, 0.5) is 54.8 Å². The van der Waals surface area contributed by atoms with E-state index in [1.54, 1.807) is 12.1 Å². The van der Waals surface area contributed by atoms with Gasteiger partial charge in [0.1, 0.15) is 0 Å². The zero-order valence-electron chi connectivity index (χ0n) is 23.2. The summed E-state index contributed by atoms with van der Waals surface area (Å²) >= 11 is 0. The number of hydrogen-bond acceptors (Lipinski definition) is 4. The molecule has 0 bridgehead atoms. The molecule has 5 rings (SSSR count). The van der Waals surface area contributed by atoms with Gasteiger partial charge in [0.05, 0.1) is 30.0 Å². The molecule has 1 aliphatic heterocycles. The molecule has 0 radical (unpaired) electrons. The Kier molecular flexibility index (Phi) is 8.21. The number of aryl methyl sites for hydroxylation is 2. The minimum Gasteiger partial charge on any atom is -0.453 e. The fraction of sp³-hybridized carbons (Fsp3) is 0.517. The van der Waals surface area contributed by atoms with E-state index >= 15 is 0 Å². The summed E-state index contributed by atoms with van der Waals surface area (Å²) in [6, 6.07) is 2.62. The van der Waals surface area contributed by atoms with Gasteiger partial charge in [-0.05, 0) is 91.0 Å². The Hall–Kier alpha value is -3.65. The topological polar surface area (TPSA) is 59.1 Å². The van der Waals surface area contributed by atoms with Crippen molar-refractivity contribution in [1.82, 2.24) is 4.90 Å². The van der Waals surface area contributed by atoms with Crippen molar-refractivity contribution in [3.63, 3.8) is 0 Å². The summed E-state index contributed by atoms with van der Waals surface area (Å²) in [5.74, 6) is -0.178. The first kappa shape index (κ1) is 31.8. The van der Waals surface area contributed by atoms with Gasteiger partial charge < -0.3 is 9.47 Å². The lowest BCUT2D eigenvalue weighted by Crippen LogP contribution is -2.50. The van der Waals surface area contributed by atoms with Gasteiger partial charge in [0.2, 0.25) is 0 Å². The molecule has 2 atom stereocenters. The lowest BCUT2D eigenvalue weighted by atomic mass is 9.86. The van der Waals surface area contributed by atoms with Gasteiger partial charge in [-0.3, -0.25) is 9.80 Å². The van der Waals surface area contributed by atoms with Crippen LogP contribution >= 0.6 is 0 Å². The molecule has 2 aliphatic carbocycles. The zero-order valence-corrected chi connectivity index (χ0v) is 23.2. The van der Waals surface area contributed by atoms with E-state index in [-0.39, 0.29) is 24.1 Å². The number of carbonyl (C=O) groups is 2. The van der Waals surface area contributed by atoms with Crippen LogP contribution < -0.4 is 4.90 Å². The smallest absolute Gasteiger partial charge is 0.422 e. The fourth-order valence-electron chi connectivity index (χ4n) is 6.10. The third kappa shape index (κ3) is 6.70. The van der Waals surface area contributed by atoms with Crippen LogP contribution in [0, 0.1) is 5.92 Å². The Morgan fingerprint density at radius 3 is 2.00 bits per heavy atom. The van der Waals surface area contributed by atoms with E-state index in [4.69, 9.17) is 4.74 Å². The van der Waals surface area contributed by atoms with Crippen LogP contribution in [0.5, 0.6) is 0 Å². The molecule has 0 aromatic heterocycles. The third-order valence-electron chi connectivity index (χ3n) is 8.16. The third-order valence-corrected chi connectivity index (χ3v) is 8.16. The molecular weight excluding hydrogens is 611 g/mol. The SMILES string of the molecule is COC(=O)N(Cc1cc(C(F)(F)F)cc(C(F)(F)F)c1)[C@H]1C[C@@H](C2CC2)N(C(=O)OCC(F)(F)F)c2cc3c(cc21)CCC3. The first-order valence-electron chi connectivity index (χ1n) is 13.8. The molecule has 1 saturated carbocycles. The number of benzene rings is 2. The second-order valence-electron chi connectivity index (χ2n) is 11.2. The number of nitrogens with zero attached hydrogens (tertiary/aromatic N) is 2. The van der Waals surface area contributed by atoms with E-state index in [0.717, 1.165) is 34.5 Å². The van der Waals surface area contributed by atoms with Gasteiger partial charge in [-0.15, -0.1) is 0 Å². The van der Waals surface area contributed by atoms with Crippen molar-refractivity contribution in [1.29, 1.82) is 0 Å². The molecular formula is C29H27F9N2O4. The predicted octanol–water partition coefficient (Wildman–Crippen LogP) is 8.21. The van der Waals surface area contributed by atoms with Crippen molar-refractivity contribution in [2.24, 2.45) is 5.92 Å². The molecule has 2 amide bonds. The monoisotopic (exact) mass is 638 g/mol. The van der Waals surface area contributed by atoms with E-state index in [9.17, 15) is 49.1 Å². The maximum absolute atomic E-state index is 13.6. The second kappa shape index (κ2) is 11.4. The van der Waals surface area contributed by atoms with Crippen molar-refractivity contribution < 1.29 is 58.6 Å². The average molecular weight is 639 g/mol. The van der Waals surface area contributed by atoms with Crippen molar-refractivity contribution in [2.45, 2.75) is 75.7 Å². The lowest BCUT2D eigenvalue weighted by molar-refractivity contribution is -0.160. The normalized spacial score (nSPS) is 20.2. The Balaban J connectivity index is 1.61. The maximum atomic E-state index is 13.6. The number of rotatable bonds is 5. The van der Waals surface area contributed by atoms with Crippen molar-refractivity contribution in [3.05, 3.63) is 63.7 Å². The Morgan fingerprint density at radius 2 is 1.48 bits per heavy atom. The van der Waals surface area contributed by atoms with Gasteiger partial charge in [0, 0.05) is 12.6 Å². The highest BCUT2D eigenvalue weighted by Crippen LogP contribution is 2.50. The number of carbonyl (C=O) groups excluding carboxylic acids is 2. The zero-order chi connectivity index (χ0) is 32.2. The van der Waals surface area contributed by atoms with Crippen LogP contribution in [0.15, 0.2) is 30.3 Å². The molecule has 2 aromatic carbocycles. The molecule has 0 N–H and O–H groups in total. The second-order valence-corrected chi connectivity index (χ2v) is 11.2. The molecule has 2 aromatic rings. The largest absolute Gasteiger partial charge is 0.453 e. The molecule has 1 fully saturated rings. The van der Waals surface area contributed by atoms with Gasteiger partial charge in [-0.25, -0.2) is 9.59 Å². The molecule has 1 heterocycles. The van der Waals surface area contributed by atoms with Crippen LogP contribution in [0.1, 0.15) is 65.1 Å². The highest BCUT2D eigenvalue weighted by molar-refractivity contribution is 5.91. The quantitative estimate of drug-likeness (QED) is 0.310. The first-order chi connectivity index (χ1) is 20.5. The Morgan fingerprint density at radius 1 is 0.886 bits per heavy atom. The van der Waals surface area contributed by atoms with E-state index in [0.29, 0.717) is 43.4 Å². The van der Waals surface area contributed by atoms with E-state index in [1.165, 1.54) is 0 Å². The fourth-order valence-corrected chi connectivity index (χ4v) is 6.10. The summed E-state index contributed by atoms with van der Waals surface area (Å²) < 4.78 is 130. The molecule has 44 heavy (non-hydrogen) atoms. The Bertz CT molecular complexity index is 1400. The summed E-state index contributed by atoms with van der Waals surface area (Å²) in [4.78, 5) is 28.5. The molecule has 0 saturated heterocycles. The van der Waals surface area contributed by atoms with E-state index in [1.807, 2.05) is 0 Å². The molecule has 3 aliphatic rings. The van der Waals surface area contributed by atoms with Crippen LogP contribution in [0.25, 0.3) is 0 Å². The highest BCUT2D eigenvalue weighted by atomic mass is 19.4. The van der Waals surface area contributed by atoms with Gasteiger partial charge in [-0.2, -0.15) is 39.5 Å². The maximum Gasteiger partial charge on any atom is 0.422 e. The molecule has 0 spiro atoms. The molecule has 6 nitrogen and oxygen atoms in total. The minimum absolute atomic E-state index is 0.0151. The predicted molar refractivity (Wildman–Crippen MR) is 137 cm³/mol. The minimum atomic E-state index is -5.11. The highest BCUT2D eigenvalue weighted by Gasteiger charge is 2.48. The summed E-state index contributed by atoms with van der Waals surface area (Å²) in [7, 11) is 1.01. The number of hydrogen-bond donors (Lipinski definition) is 0. The van der Waals surface area contributed by atoms with E-state index in [2.05, 4.69) is 4.74 Å². The summed E-state index contributed by atoms with van der Waals surface area (Å²) in [6.07, 6.45) is -14.1. The molecule has 240 valence electrons. The number of fused-ring (bicyclic) bond motifs is 2.